The molecule has 1 aromatic carbocycles. The van der Waals surface area contributed by atoms with Gasteiger partial charge >= 0.3 is 13.6 Å². The Balaban J connectivity index is 1.61. The Morgan fingerprint density at radius 3 is 2.49 bits per heavy atom. The van der Waals surface area contributed by atoms with Crippen LogP contribution in [-0.4, -0.2) is 68.1 Å². The number of hydrogen-bond donors (Lipinski definition) is 1. The second kappa shape index (κ2) is 11.2. The van der Waals surface area contributed by atoms with Gasteiger partial charge in [-0.1, -0.05) is 23.4 Å². The van der Waals surface area contributed by atoms with Crippen molar-refractivity contribution in [1.29, 1.82) is 0 Å². The van der Waals surface area contributed by atoms with Crippen LogP contribution in [-0.2, 0) is 27.8 Å². The number of hydrogen-bond acceptors (Lipinski definition) is 12. The number of ether oxygens (including phenoxy) is 3. The van der Waals surface area contributed by atoms with Crippen LogP contribution in [0.4, 0.5) is 10.2 Å². The van der Waals surface area contributed by atoms with Crippen molar-refractivity contribution in [2.75, 3.05) is 12.1 Å². The summed E-state index contributed by atoms with van der Waals surface area (Å²) in [7, 11) is -3.78. The number of halogens is 1. The average Bonchev–Trinajstić information content (AvgIpc) is 3.39. The number of nitrogen functional groups attached to an aromatic ring is 1. The third-order valence-electron chi connectivity index (χ3n) is 5.05. The number of alkyl halides is 1. The summed E-state index contributed by atoms with van der Waals surface area (Å²) >= 11 is 0. The van der Waals surface area contributed by atoms with Gasteiger partial charge in [-0.05, 0) is 39.8 Å². The van der Waals surface area contributed by atoms with Crippen LogP contribution in [0.5, 0.6) is 0 Å². The number of benzene rings is 1. The number of fused-ring (bicyclic) bond motifs is 1. The van der Waals surface area contributed by atoms with E-state index < -0.39 is 56.9 Å². The molecule has 37 heavy (non-hydrogen) atoms. The van der Waals surface area contributed by atoms with Crippen molar-refractivity contribution in [2.24, 2.45) is 0 Å². The van der Waals surface area contributed by atoms with Gasteiger partial charge in [-0.15, -0.1) is 5.10 Å². The smallest absolute Gasteiger partial charge is 0.356 e. The highest BCUT2D eigenvalue weighted by Gasteiger charge is 2.51. The van der Waals surface area contributed by atoms with Gasteiger partial charge in [0.15, 0.2) is 48.1 Å². The van der Waals surface area contributed by atoms with Crippen molar-refractivity contribution in [2.45, 2.75) is 64.7 Å². The summed E-state index contributed by atoms with van der Waals surface area (Å²) in [6.45, 7) is 6.72. The van der Waals surface area contributed by atoms with Gasteiger partial charge in [0.1, 0.15) is 6.33 Å². The summed E-state index contributed by atoms with van der Waals surface area (Å²) in [6, 6.07) is 8.06. The van der Waals surface area contributed by atoms with E-state index >= 15 is 4.39 Å². The summed E-state index contributed by atoms with van der Waals surface area (Å²) < 4.78 is 57.7. The van der Waals surface area contributed by atoms with Crippen molar-refractivity contribution in [1.82, 2.24) is 25.0 Å². The standard InChI is InChI=1S/C22H28FN6O7P/c1-12(2)35-37(31,36-13(3)4)11-32-22-15(23)17(33-21(30)14-8-6-5-7-9-14)20(34-22)29-19-16(27-28-29)18(24)25-10-26-19/h5-10,12-13,15,17,20,22H,11H2,1-4H3,(H2,24,25,26)/t15-,17+,20+,22-/m0/s1. The van der Waals surface area contributed by atoms with E-state index in [0.717, 1.165) is 4.68 Å². The number of anilines is 1. The Hall–Kier alpha value is -3.03. The van der Waals surface area contributed by atoms with Crippen molar-refractivity contribution in [3.05, 3.63) is 42.2 Å². The summed E-state index contributed by atoms with van der Waals surface area (Å²) in [5.41, 5.74) is 6.32. The molecule has 0 unspecified atom stereocenters. The molecule has 1 fully saturated rings. The Morgan fingerprint density at radius 2 is 1.84 bits per heavy atom. The predicted octanol–water partition coefficient (Wildman–Crippen LogP) is 3.24. The molecular weight excluding hydrogens is 510 g/mol. The first-order valence-electron chi connectivity index (χ1n) is 11.5. The van der Waals surface area contributed by atoms with Gasteiger partial charge in [0.2, 0.25) is 0 Å². The summed E-state index contributed by atoms with van der Waals surface area (Å²) in [5.74, 6) is -0.743. The normalized spacial score (nSPS) is 22.2. The Labute approximate surface area is 211 Å². The van der Waals surface area contributed by atoms with E-state index in [0.29, 0.717) is 0 Å². The van der Waals surface area contributed by atoms with E-state index in [9.17, 15) is 9.36 Å². The van der Waals surface area contributed by atoms with Crippen molar-refractivity contribution >= 4 is 30.5 Å². The van der Waals surface area contributed by atoms with E-state index in [4.69, 9.17) is 29.0 Å². The molecule has 1 aliphatic heterocycles. The fraction of sp³-hybridized carbons (Fsp3) is 0.500. The van der Waals surface area contributed by atoms with Gasteiger partial charge in [-0.2, -0.15) is 4.68 Å². The monoisotopic (exact) mass is 538 g/mol. The van der Waals surface area contributed by atoms with Gasteiger partial charge in [0, 0.05) is 0 Å². The Bertz CT molecular complexity index is 1260. The molecular formula is C22H28FN6O7P. The molecule has 0 aliphatic carbocycles. The topological polar surface area (TPSA) is 163 Å². The molecule has 0 bridgehead atoms. The van der Waals surface area contributed by atoms with E-state index in [1.807, 2.05) is 0 Å². The van der Waals surface area contributed by atoms with E-state index in [1.54, 1.807) is 45.9 Å². The van der Waals surface area contributed by atoms with Crippen molar-refractivity contribution in [3.8, 4) is 0 Å². The minimum absolute atomic E-state index is 0.0503. The lowest BCUT2D eigenvalue weighted by Gasteiger charge is -2.24. The third-order valence-corrected chi connectivity index (χ3v) is 7.00. The average molecular weight is 538 g/mol. The highest BCUT2D eigenvalue weighted by atomic mass is 31.2. The van der Waals surface area contributed by atoms with E-state index in [-0.39, 0.29) is 22.5 Å². The molecule has 1 saturated heterocycles. The van der Waals surface area contributed by atoms with Crippen LogP contribution in [0.15, 0.2) is 36.7 Å². The molecule has 2 aromatic heterocycles. The quantitative estimate of drug-likeness (QED) is 0.297. The SMILES string of the molecule is CC(C)OP(=O)(CO[C@H]1O[C@@H](n2nnc3c(N)ncnc32)[C@H](OC(=O)c2ccccc2)[C@@H]1F)OC(C)C. The van der Waals surface area contributed by atoms with Crippen LogP contribution < -0.4 is 5.73 Å². The Kier molecular flexibility index (Phi) is 8.14. The maximum atomic E-state index is 15.7. The van der Waals surface area contributed by atoms with Gasteiger partial charge in [0.05, 0.1) is 17.8 Å². The molecule has 0 radical (unpaired) electrons. The molecule has 4 rings (SSSR count). The van der Waals surface area contributed by atoms with E-state index in [1.165, 1.54) is 18.5 Å². The number of nitrogens with zero attached hydrogens (tertiary/aromatic N) is 5. The fourth-order valence-electron chi connectivity index (χ4n) is 3.66. The number of aromatic nitrogens is 5. The molecule has 1 aliphatic rings. The highest BCUT2D eigenvalue weighted by Crippen LogP contribution is 2.51. The van der Waals surface area contributed by atoms with Gasteiger partial charge in [-0.3, -0.25) is 4.57 Å². The van der Waals surface area contributed by atoms with Crippen LogP contribution in [0.25, 0.3) is 11.2 Å². The number of carbonyl (C=O) groups excluding carboxylic acids is 1. The fourth-order valence-corrected chi connectivity index (χ4v) is 5.45. The molecule has 15 heteroatoms. The van der Waals surface area contributed by atoms with Crippen LogP contribution in [0, 0.1) is 0 Å². The molecule has 2 N–H and O–H groups in total. The van der Waals surface area contributed by atoms with Gasteiger partial charge < -0.3 is 29.0 Å². The summed E-state index contributed by atoms with van der Waals surface area (Å²) in [4.78, 5) is 20.7. The summed E-state index contributed by atoms with van der Waals surface area (Å²) in [5, 5.41) is 7.90. The van der Waals surface area contributed by atoms with Gasteiger partial charge in [-0.25, -0.2) is 19.2 Å². The van der Waals surface area contributed by atoms with Crippen LogP contribution >= 0.6 is 7.60 Å². The zero-order valence-electron chi connectivity index (χ0n) is 20.6. The molecule has 4 atom stereocenters. The minimum atomic E-state index is -3.78. The highest BCUT2D eigenvalue weighted by molar-refractivity contribution is 7.53. The molecule has 0 spiro atoms. The molecule has 3 heterocycles. The second-order valence-corrected chi connectivity index (χ2v) is 10.7. The van der Waals surface area contributed by atoms with Crippen LogP contribution in [0.3, 0.4) is 0 Å². The lowest BCUT2D eigenvalue weighted by molar-refractivity contribution is -0.161. The number of carbonyl (C=O) groups is 1. The number of nitrogens with two attached hydrogens (primary N) is 1. The molecule has 3 aromatic rings. The second-order valence-electron chi connectivity index (χ2n) is 8.76. The van der Waals surface area contributed by atoms with Crippen molar-refractivity contribution in [3.63, 3.8) is 0 Å². The van der Waals surface area contributed by atoms with Gasteiger partial charge in [0.25, 0.3) is 0 Å². The van der Waals surface area contributed by atoms with E-state index in [2.05, 4.69) is 20.3 Å². The zero-order chi connectivity index (χ0) is 26.7. The maximum Gasteiger partial charge on any atom is 0.356 e. The lowest BCUT2D eigenvalue weighted by atomic mass is 10.2. The number of esters is 1. The van der Waals surface area contributed by atoms with Crippen LogP contribution in [0.1, 0.15) is 44.3 Å². The first kappa shape index (κ1) is 27.0. The molecule has 13 nitrogen and oxygen atoms in total. The molecule has 200 valence electrons. The lowest BCUT2D eigenvalue weighted by Crippen LogP contribution is -2.34. The number of rotatable bonds is 10. The predicted molar refractivity (Wildman–Crippen MR) is 128 cm³/mol. The maximum absolute atomic E-state index is 15.7. The largest absolute Gasteiger partial charge is 0.451 e. The zero-order valence-corrected chi connectivity index (χ0v) is 21.5. The summed E-state index contributed by atoms with van der Waals surface area (Å²) in [6.07, 6.45) is -6.82. The Morgan fingerprint density at radius 1 is 1.16 bits per heavy atom. The van der Waals surface area contributed by atoms with Crippen LogP contribution in [0.2, 0.25) is 0 Å². The van der Waals surface area contributed by atoms with Crippen molar-refractivity contribution < 1.29 is 37.0 Å². The first-order chi connectivity index (χ1) is 17.6. The minimum Gasteiger partial charge on any atom is -0.451 e. The third kappa shape index (κ3) is 6.11. The molecule has 0 amide bonds. The molecule has 0 saturated carbocycles. The first-order valence-corrected chi connectivity index (χ1v) is 13.2.